The van der Waals surface area contributed by atoms with Gasteiger partial charge in [-0.25, -0.2) is 0 Å². The molecular formula is C24H16N2O3. The Balaban J connectivity index is 1.65. The highest BCUT2D eigenvalue weighted by molar-refractivity contribution is 6.14. The van der Waals surface area contributed by atoms with E-state index < -0.39 is 11.5 Å². The third-order valence-electron chi connectivity index (χ3n) is 5.15. The first-order valence-corrected chi connectivity index (χ1v) is 9.19. The van der Waals surface area contributed by atoms with Gasteiger partial charge in [-0.3, -0.25) is 9.59 Å². The van der Waals surface area contributed by atoms with Crippen LogP contribution in [0.2, 0.25) is 0 Å². The Hall–Kier alpha value is -4.12. The minimum atomic E-state index is -0.657. The van der Waals surface area contributed by atoms with E-state index in [9.17, 15) is 14.7 Å². The van der Waals surface area contributed by atoms with E-state index in [1.54, 1.807) is 12.1 Å². The molecule has 4 aromatic carbocycles. The van der Waals surface area contributed by atoms with Crippen molar-refractivity contribution < 1.29 is 9.90 Å². The Morgan fingerprint density at radius 1 is 0.759 bits per heavy atom. The van der Waals surface area contributed by atoms with Crippen molar-refractivity contribution in [1.82, 2.24) is 4.98 Å². The molecule has 1 heterocycles. The number of rotatable bonds is 2. The molecule has 3 N–H and O–H groups in total. The fraction of sp³-hybridized carbons (Fsp3) is 0. The predicted octanol–water partition coefficient (Wildman–Crippen LogP) is 4.79. The highest BCUT2D eigenvalue weighted by Gasteiger charge is 2.20. The Morgan fingerprint density at radius 3 is 2.21 bits per heavy atom. The summed E-state index contributed by atoms with van der Waals surface area (Å²) < 4.78 is 0. The number of aromatic nitrogens is 1. The number of H-pyrrole nitrogens is 1. The van der Waals surface area contributed by atoms with Crippen LogP contribution in [0.15, 0.2) is 83.7 Å². The van der Waals surface area contributed by atoms with Crippen molar-refractivity contribution in [2.24, 2.45) is 0 Å². The lowest BCUT2D eigenvalue weighted by Gasteiger charge is -2.11. The maximum atomic E-state index is 12.9. The van der Waals surface area contributed by atoms with Gasteiger partial charge in [0.05, 0.1) is 5.52 Å². The molecule has 140 valence electrons. The highest BCUT2D eigenvalue weighted by atomic mass is 16.3. The number of aromatic hydroxyl groups is 1. The fourth-order valence-corrected chi connectivity index (χ4v) is 3.75. The van der Waals surface area contributed by atoms with Crippen molar-refractivity contribution in [1.29, 1.82) is 0 Å². The normalized spacial score (nSPS) is 11.2. The molecular weight excluding hydrogens is 364 g/mol. The monoisotopic (exact) mass is 380 g/mol. The quantitative estimate of drug-likeness (QED) is 0.385. The predicted molar refractivity (Wildman–Crippen MR) is 116 cm³/mol. The van der Waals surface area contributed by atoms with Crippen molar-refractivity contribution in [3.63, 3.8) is 0 Å². The summed E-state index contributed by atoms with van der Waals surface area (Å²) in [7, 11) is 0. The highest BCUT2D eigenvalue weighted by Crippen LogP contribution is 2.31. The molecule has 0 aliphatic carbocycles. The zero-order valence-electron chi connectivity index (χ0n) is 15.3. The molecule has 5 heteroatoms. The summed E-state index contributed by atoms with van der Waals surface area (Å²) in [5, 5.41) is 17.5. The van der Waals surface area contributed by atoms with Gasteiger partial charge in [0.25, 0.3) is 11.5 Å². The second kappa shape index (κ2) is 6.49. The van der Waals surface area contributed by atoms with E-state index in [4.69, 9.17) is 0 Å². The summed E-state index contributed by atoms with van der Waals surface area (Å²) in [5.74, 6) is -0.984. The summed E-state index contributed by atoms with van der Waals surface area (Å²) in [6.45, 7) is 0. The van der Waals surface area contributed by atoms with E-state index in [-0.39, 0.29) is 11.3 Å². The first-order valence-electron chi connectivity index (χ1n) is 9.19. The van der Waals surface area contributed by atoms with Gasteiger partial charge in [0.15, 0.2) is 0 Å². The van der Waals surface area contributed by atoms with Crippen LogP contribution in [0.3, 0.4) is 0 Å². The molecule has 5 aromatic rings. The van der Waals surface area contributed by atoms with E-state index in [0.29, 0.717) is 16.6 Å². The van der Waals surface area contributed by atoms with Crippen molar-refractivity contribution in [3.05, 3.63) is 94.8 Å². The maximum absolute atomic E-state index is 12.9. The van der Waals surface area contributed by atoms with Crippen LogP contribution in [0.1, 0.15) is 10.4 Å². The molecule has 0 unspecified atom stereocenters. The average Bonchev–Trinajstić information content (AvgIpc) is 2.74. The number of amides is 1. The Morgan fingerprint density at radius 2 is 1.41 bits per heavy atom. The van der Waals surface area contributed by atoms with Crippen LogP contribution >= 0.6 is 0 Å². The first kappa shape index (κ1) is 17.0. The van der Waals surface area contributed by atoms with Crippen molar-refractivity contribution in [3.8, 4) is 5.75 Å². The summed E-state index contributed by atoms with van der Waals surface area (Å²) in [5.41, 5.74) is 0.141. The molecule has 29 heavy (non-hydrogen) atoms. The lowest BCUT2D eigenvalue weighted by Crippen LogP contribution is -2.23. The molecule has 0 bridgehead atoms. The van der Waals surface area contributed by atoms with E-state index >= 15 is 0 Å². The lowest BCUT2D eigenvalue weighted by molar-refractivity contribution is 0.102. The van der Waals surface area contributed by atoms with Crippen LogP contribution in [0, 0.1) is 0 Å². The third kappa shape index (κ3) is 2.72. The van der Waals surface area contributed by atoms with Gasteiger partial charge in [-0.05, 0) is 22.9 Å². The van der Waals surface area contributed by atoms with E-state index in [0.717, 1.165) is 21.5 Å². The smallest absolute Gasteiger partial charge is 0.265 e. The van der Waals surface area contributed by atoms with Crippen LogP contribution in [-0.4, -0.2) is 16.0 Å². The number of carbonyl (C=O) groups is 1. The largest absolute Gasteiger partial charge is 0.506 e. The van der Waals surface area contributed by atoms with Crippen LogP contribution in [0.25, 0.3) is 32.4 Å². The van der Waals surface area contributed by atoms with Crippen LogP contribution in [0.4, 0.5) is 5.69 Å². The molecule has 0 aliphatic rings. The van der Waals surface area contributed by atoms with E-state index in [1.165, 1.54) is 0 Å². The number of fused-ring (bicyclic) bond motifs is 4. The molecule has 0 atom stereocenters. The minimum Gasteiger partial charge on any atom is -0.506 e. The van der Waals surface area contributed by atoms with Gasteiger partial charge in [0.2, 0.25) is 0 Å². The topological polar surface area (TPSA) is 82.2 Å². The number of carbonyl (C=O) groups excluding carboxylic acids is 1. The number of nitrogens with one attached hydrogen (secondary N) is 2. The van der Waals surface area contributed by atoms with Gasteiger partial charge in [-0.15, -0.1) is 0 Å². The summed E-state index contributed by atoms with van der Waals surface area (Å²) in [6, 6.07) is 24.3. The molecule has 1 amide bonds. The molecule has 0 saturated heterocycles. The molecule has 5 nitrogen and oxygen atoms in total. The van der Waals surface area contributed by atoms with Gasteiger partial charge in [0, 0.05) is 21.8 Å². The lowest BCUT2D eigenvalue weighted by atomic mass is 10.0. The molecule has 0 spiro atoms. The summed E-state index contributed by atoms with van der Waals surface area (Å²) in [6.07, 6.45) is 0. The van der Waals surface area contributed by atoms with Gasteiger partial charge in [0.1, 0.15) is 11.3 Å². The first-order chi connectivity index (χ1) is 14.1. The zero-order chi connectivity index (χ0) is 20.0. The van der Waals surface area contributed by atoms with Crippen molar-refractivity contribution in [2.75, 3.05) is 5.32 Å². The average molecular weight is 380 g/mol. The Kier molecular flexibility index (Phi) is 3.81. The van der Waals surface area contributed by atoms with Crippen LogP contribution < -0.4 is 10.9 Å². The van der Waals surface area contributed by atoms with Crippen LogP contribution in [-0.2, 0) is 0 Å². The number of hydrogen-bond donors (Lipinski definition) is 3. The number of hydrogen-bond acceptors (Lipinski definition) is 3. The van der Waals surface area contributed by atoms with Crippen LogP contribution in [0.5, 0.6) is 5.75 Å². The second-order valence-electron chi connectivity index (χ2n) is 6.87. The van der Waals surface area contributed by atoms with Crippen molar-refractivity contribution in [2.45, 2.75) is 0 Å². The maximum Gasteiger partial charge on any atom is 0.265 e. The number of aromatic amines is 1. The second-order valence-corrected chi connectivity index (χ2v) is 6.87. The molecule has 0 aliphatic heterocycles. The number of benzene rings is 4. The molecule has 0 saturated carbocycles. The SMILES string of the molecule is O=C(Nc1cccc2ccccc12)c1c(O)c2ccc3ccccc3c2[nH]c1=O. The summed E-state index contributed by atoms with van der Waals surface area (Å²) in [4.78, 5) is 28.4. The Labute approximate surface area is 165 Å². The third-order valence-corrected chi connectivity index (χ3v) is 5.15. The Bertz CT molecular complexity index is 1480. The molecule has 0 fully saturated rings. The zero-order valence-corrected chi connectivity index (χ0v) is 15.3. The van der Waals surface area contributed by atoms with Gasteiger partial charge in [-0.2, -0.15) is 0 Å². The fourth-order valence-electron chi connectivity index (χ4n) is 3.75. The van der Waals surface area contributed by atoms with Gasteiger partial charge >= 0.3 is 0 Å². The van der Waals surface area contributed by atoms with E-state index in [1.807, 2.05) is 66.7 Å². The standard InChI is InChI=1S/C24H16N2O3/c27-22-18-13-12-15-7-2-4-10-17(15)21(18)26-24(29)20(22)23(28)25-19-11-5-8-14-6-1-3-9-16(14)19/h1-13H,(H,25,28)(H2,26,27,29). The van der Waals surface area contributed by atoms with Crippen molar-refractivity contribution >= 4 is 44.0 Å². The summed E-state index contributed by atoms with van der Waals surface area (Å²) >= 11 is 0. The van der Waals surface area contributed by atoms with Gasteiger partial charge < -0.3 is 15.4 Å². The molecule has 5 rings (SSSR count). The number of anilines is 1. The molecule has 0 radical (unpaired) electrons. The molecule has 1 aromatic heterocycles. The van der Waals surface area contributed by atoms with Gasteiger partial charge in [-0.1, -0.05) is 66.7 Å². The van der Waals surface area contributed by atoms with E-state index in [2.05, 4.69) is 10.3 Å². The number of pyridine rings is 1. The minimum absolute atomic E-state index is 0.305.